The second-order valence-electron chi connectivity index (χ2n) is 4.41. The lowest BCUT2D eigenvalue weighted by molar-refractivity contribution is 1.46. The van der Waals surface area contributed by atoms with Gasteiger partial charge >= 0.3 is 0 Å². The highest BCUT2D eigenvalue weighted by Gasteiger charge is 2.05. The number of hydrogen-bond donors (Lipinski definition) is 0. The predicted octanol–water partition coefficient (Wildman–Crippen LogP) is 4.70. The van der Waals surface area contributed by atoms with Gasteiger partial charge in [-0.15, -0.1) is 6.42 Å². The van der Waals surface area contributed by atoms with Crippen LogP contribution in [-0.4, -0.2) is 0 Å². The Bertz CT molecular complexity index is 607. The van der Waals surface area contributed by atoms with Crippen LogP contribution < -0.4 is 0 Å². The third-order valence-corrected chi connectivity index (χ3v) is 3.01. The zero-order valence-corrected chi connectivity index (χ0v) is 10.8. The normalized spacial score (nSPS) is 11.1. The van der Waals surface area contributed by atoms with Crippen LogP contribution in [0.1, 0.15) is 18.1 Å². The van der Waals surface area contributed by atoms with E-state index in [0.29, 0.717) is 0 Å². The monoisotopic (exact) mass is 232 g/mol. The van der Waals surface area contributed by atoms with Gasteiger partial charge in [0.15, 0.2) is 0 Å². The van der Waals surface area contributed by atoms with Crippen molar-refractivity contribution < 1.29 is 0 Å². The Kier molecular flexibility index (Phi) is 3.65. The van der Waals surface area contributed by atoms with E-state index in [2.05, 4.69) is 55.3 Å². The van der Waals surface area contributed by atoms with Gasteiger partial charge in [-0.05, 0) is 42.2 Å². The third kappa shape index (κ3) is 2.52. The van der Waals surface area contributed by atoms with E-state index in [1.54, 1.807) is 0 Å². The number of allylic oxidation sites excluding steroid dienone is 2. The molecule has 0 heteroatoms. The third-order valence-electron chi connectivity index (χ3n) is 3.01. The molecule has 0 saturated carbocycles. The lowest BCUT2D eigenvalue weighted by Gasteiger charge is -2.10. The summed E-state index contributed by atoms with van der Waals surface area (Å²) in [5, 5.41) is 0. The fourth-order valence-electron chi connectivity index (χ4n) is 2.01. The quantitative estimate of drug-likeness (QED) is 0.658. The van der Waals surface area contributed by atoms with E-state index in [4.69, 9.17) is 6.42 Å². The smallest absolute Gasteiger partial charge is 0.00861 e. The van der Waals surface area contributed by atoms with Gasteiger partial charge in [0.05, 0.1) is 0 Å². The molecule has 0 saturated heterocycles. The Morgan fingerprint density at radius 1 is 1.06 bits per heavy atom. The molecule has 0 aliphatic carbocycles. The molecule has 0 atom stereocenters. The maximum absolute atomic E-state index is 5.35. The van der Waals surface area contributed by atoms with Crippen molar-refractivity contribution in [3.05, 3.63) is 65.7 Å². The molecule has 2 aromatic rings. The lowest BCUT2D eigenvalue weighted by atomic mass is 9.94. The first-order valence-corrected chi connectivity index (χ1v) is 6.01. The standard InChI is InChI=1S/C18H16/c1-4-7-15(3)17-8-5-6-9-18(17)16-12-10-14(2)11-13-16/h1,5-13H,2-3H3. The van der Waals surface area contributed by atoms with Crippen molar-refractivity contribution in [3.8, 4) is 23.5 Å². The maximum atomic E-state index is 5.35. The van der Waals surface area contributed by atoms with Crippen LogP contribution in [0.15, 0.2) is 54.6 Å². The van der Waals surface area contributed by atoms with Gasteiger partial charge in [0.25, 0.3) is 0 Å². The minimum atomic E-state index is 1.12. The summed E-state index contributed by atoms with van der Waals surface area (Å²) in [4.78, 5) is 0. The highest BCUT2D eigenvalue weighted by Crippen LogP contribution is 2.28. The molecule has 2 rings (SSSR count). The first kappa shape index (κ1) is 12.2. The predicted molar refractivity (Wildman–Crippen MR) is 79.1 cm³/mol. The summed E-state index contributed by atoms with van der Waals surface area (Å²) in [7, 11) is 0. The molecule has 0 fully saturated rings. The average Bonchev–Trinajstić information content (AvgIpc) is 2.40. The Morgan fingerprint density at radius 3 is 2.39 bits per heavy atom. The van der Waals surface area contributed by atoms with Gasteiger partial charge in [-0.2, -0.15) is 0 Å². The lowest BCUT2D eigenvalue weighted by Crippen LogP contribution is -1.87. The molecular weight excluding hydrogens is 216 g/mol. The minimum absolute atomic E-state index is 1.12. The Morgan fingerprint density at radius 2 is 1.72 bits per heavy atom. The number of hydrogen-bond acceptors (Lipinski definition) is 0. The number of terminal acetylenes is 1. The second-order valence-corrected chi connectivity index (χ2v) is 4.41. The van der Waals surface area contributed by atoms with Gasteiger partial charge in [-0.3, -0.25) is 0 Å². The van der Waals surface area contributed by atoms with Crippen LogP contribution in [0.4, 0.5) is 0 Å². The zero-order valence-electron chi connectivity index (χ0n) is 10.8. The summed E-state index contributed by atoms with van der Waals surface area (Å²) in [6.45, 7) is 4.14. The minimum Gasteiger partial charge on any atom is -0.115 e. The molecule has 0 unspecified atom stereocenters. The fourth-order valence-corrected chi connectivity index (χ4v) is 2.01. The van der Waals surface area contributed by atoms with Crippen molar-refractivity contribution in [2.24, 2.45) is 0 Å². The van der Waals surface area contributed by atoms with E-state index in [9.17, 15) is 0 Å². The van der Waals surface area contributed by atoms with Gasteiger partial charge in [-0.25, -0.2) is 0 Å². The molecule has 0 aromatic heterocycles. The average molecular weight is 232 g/mol. The first-order chi connectivity index (χ1) is 8.72. The van der Waals surface area contributed by atoms with Crippen molar-refractivity contribution in [1.29, 1.82) is 0 Å². The molecular formula is C18H16. The zero-order chi connectivity index (χ0) is 13.0. The molecule has 0 bridgehead atoms. The Labute approximate surface area is 109 Å². The Balaban J connectivity index is 2.55. The van der Waals surface area contributed by atoms with Gasteiger partial charge in [0.1, 0.15) is 0 Å². The molecule has 0 radical (unpaired) electrons. The molecule has 2 aromatic carbocycles. The van der Waals surface area contributed by atoms with Crippen molar-refractivity contribution in [2.75, 3.05) is 0 Å². The molecule has 0 aliphatic rings. The van der Waals surface area contributed by atoms with Crippen molar-refractivity contribution in [2.45, 2.75) is 13.8 Å². The topological polar surface area (TPSA) is 0 Å². The molecule has 0 aliphatic heterocycles. The van der Waals surface area contributed by atoms with E-state index in [1.807, 2.05) is 19.1 Å². The van der Waals surface area contributed by atoms with E-state index in [-0.39, 0.29) is 0 Å². The summed E-state index contributed by atoms with van der Waals surface area (Å²) >= 11 is 0. The van der Waals surface area contributed by atoms with Crippen molar-refractivity contribution in [3.63, 3.8) is 0 Å². The SMILES string of the molecule is C#CC=C(C)c1ccccc1-c1ccc(C)cc1. The molecule has 88 valence electrons. The summed E-state index contributed by atoms with van der Waals surface area (Å²) < 4.78 is 0. The van der Waals surface area contributed by atoms with Gasteiger partial charge in [0, 0.05) is 0 Å². The molecule has 0 N–H and O–H groups in total. The molecule has 0 amide bonds. The highest BCUT2D eigenvalue weighted by molar-refractivity contribution is 5.81. The van der Waals surface area contributed by atoms with Crippen LogP contribution in [0.3, 0.4) is 0 Å². The van der Waals surface area contributed by atoms with Gasteiger partial charge in [0.2, 0.25) is 0 Å². The molecule has 0 heterocycles. The second kappa shape index (κ2) is 5.38. The first-order valence-electron chi connectivity index (χ1n) is 6.01. The molecule has 0 spiro atoms. The fraction of sp³-hybridized carbons (Fsp3) is 0.111. The summed E-state index contributed by atoms with van der Waals surface area (Å²) in [5.74, 6) is 2.59. The van der Waals surface area contributed by atoms with Gasteiger partial charge in [-0.1, -0.05) is 60.0 Å². The van der Waals surface area contributed by atoms with E-state index >= 15 is 0 Å². The van der Waals surface area contributed by atoms with Crippen molar-refractivity contribution in [1.82, 2.24) is 0 Å². The molecule has 0 nitrogen and oxygen atoms in total. The van der Waals surface area contributed by atoms with Crippen molar-refractivity contribution >= 4 is 5.57 Å². The summed E-state index contributed by atoms with van der Waals surface area (Å²) in [6, 6.07) is 16.9. The number of rotatable bonds is 2. The van der Waals surface area contributed by atoms with Crippen LogP contribution in [0.5, 0.6) is 0 Å². The maximum Gasteiger partial charge on any atom is -0.00861 e. The Hall–Kier alpha value is -2.26. The molecule has 18 heavy (non-hydrogen) atoms. The van der Waals surface area contributed by atoms with E-state index < -0.39 is 0 Å². The van der Waals surface area contributed by atoms with Crippen LogP contribution in [0.2, 0.25) is 0 Å². The van der Waals surface area contributed by atoms with Crippen LogP contribution in [0, 0.1) is 19.3 Å². The number of benzene rings is 2. The highest BCUT2D eigenvalue weighted by atomic mass is 14.1. The summed E-state index contributed by atoms with van der Waals surface area (Å²) in [5.41, 5.74) is 6.03. The van der Waals surface area contributed by atoms with Crippen LogP contribution >= 0.6 is 0 Å². The van der Waals surface area contributed by atoms with Gasteiger partial charge < -0.3 is 0 Å². The van der Waals surface area contributed by atoms with Crippen LogP contribution in [-0.2, 0) is 0 Å². The number of aryl methyl sites for hydroxylation is 1. The largest absolute Gasteiger partial charge is 0.115 e. The summed E-state index contributed by atoms with van der Waals surface area (Å²) in [6.07, 6.45) is 7.16. The van der Waals surface area contributed by atoms with E-state index in [1.165, 1.54) is 22.3 Å². The van der Waals surface area contributed by atoms with Crippen LogP contribution in [0.25, 0.3) is 16.7 Å². The van der Waals surface area contributed by atoms with E-state index in [0.717, 1.165) is 5.57 Å².